The number of thiophene rings is 1. The molecule has 0 fully saturated rings. The van der Waals surface area contributed by atoms with Crippen LogP contribution in [0.2, 0.25) is 19.6 Å². The van der Waals surface area contributed by atoms with Gasteiger partial charge in [-0.3, -0.25) is 4.98 Å². The number of aryl methyl sites for hydroxylation is 2. The maximum atomic E-state index is 5.28. The summed E-state index contributed by atoms with van der Waals surface area (Å²) in [6.07, 6.45) is 2.04. The minimum Gasteiger partial charge on any atom is -0.333 e. The van der Waals surface area contributed by atoms with Crippen LogP contribution < -0.4 is 5.19 Å². The summed E-state index contributed by atoms with van der Waals surface area (Å²) in [6, 6.07) is 57.0. The molecule has 3 nitrogen and oxygen atoms in total. The topological polar surface area (TPSA) is 30.7 Å². The summed E-state index contributed by atoms with van der Waals surface area (Å²) in [5.41, 5.74) is 14.3. The van der Waals surface area contributed by atoms with Crippen LogP contribution in [0.25, 0.3) is 81.4 Å². The van der Waals surface area contributed by atoms with Gasteiger partial charge in [-0.15, -0.1) is 52.9 Å². The van der Waals surface area contributed by atoms with Crippen LogP contribution in [-0.4, -0.2) is 22.6 Å². The van der Waals surface area contributed by atoms with Crippen LogP contribution in [0.1, 0.15) is 61.8 Å². The third-order valence-electron chi connectivity index (χ3n) is 12.0. The van der Waals surface area contributed by atoms with Crippen LogP contribution in [-0.2, 0) is 20.1 Å². The second-order valence-electron chi connectivity index (χ2n) is 18.2. The van der Waals surface area contributed by atoms with Gasteiger partial charge in [0, 0.05) is 36.7 Å². The molecule has 6 heteroatoms. The molecule has 1 radical (unpaired) electrons. The zero-order chi connectivity index (χ0) is 43.3. The molecule has 0 aliphatic heterocycles. The van der Waals surface area contributed by atoms with E-state index < -0.39 is 8.07 Å². The van der Waals surface area contributed by atoms with Crippen molar-refractivity contribution in [1.82, 2.24) is 14.5 Å². The summed E-state index contributed by atoms with van der Waals surface area (Å²) in [7, 11) is -1.28. The van der Waals surface area contributed by atoms with Gasteiger partial charge in [0.1, 0.15) is 0 Å². The van der Waals surface area contributed by atoms with Gasteiger partial charge in [-0.25, -0.2) is 0 Å². The Balaban J connectivity index is 0.000000218. The van der Waals surface area contributed by atoms with Crippen LogP contribution in [0.4, 0.5) is 0 Å². The molecule has 10 rings (SSSR count). The van der Waals surface area contributed by atoms with Crippen LogP contribution in [0.3, 0.4) is 0 Å². The first-order valence-electron chi connectivity index (χ1n) is 21.8. The van der Waals surface area contributed by atoms with E-state index in [0.717, 1.165) is 33.7 Å². The number of aromatic nitrogens is 3. The number of para-hydroxylation sites is 2. The van der Waals surface area contributed by atoms with Crippen molar-refractivity contribution in [3.8, 4) is 39.5 Å². The van der Waals surface area contributed by atoms with Crippen LogP contribution >= 0.6 is 11.3 Å². The SMILES string of the molecule is C[Si](C)(C)c1ccc(-c2[c-]ccc3ccccc23)nc1.Cc1cc(C)c2sc3c[c-]c(-c4nc5ccccc5n4-c4c(C(C)C)cc(-c5ccccc5)cc4C(C)C)cc3c2c1.[Ir]. The van der Waals surface area contributed by atoms with E-state index in [0.29, 0.717) is 11.8 Å². The Morgan fingerprint density at radius 2 is 1.37 bits per heavy atom. The van der Waals surface area contributed by atoms with Gasteiger partial charge in [0.15, 0.2) is 0 Å². The minimum atomic E-state index is -1.28. The summed E-state index contributed by atoms with van der Waals surface area (Å²) < 4.78 is 5.04. The molecule has 63 heavy (non-hydrogen) atoms. The molecule has 0 amide bonds. The zero-order valence-corrected chi connectivity index (χ0v) is 41.8. The van der Waals surface area contributed by atoms with Crippen molar-refractivity contribution in [3.05, 3.63) is 180 Å². The van der Waals surface area contributed by atoms with Crippen molar-refractivity contribution in [2.75, 3.05) is 0 Å². The quantitative estimate of drug-likeness (QED) is 0.118. The van der Waals surface area contributed by atoms with Gasteiger partial charge in [0.05, 0.1) is 24.9 Å². The molecular formula is C57H53IrN3SSi-2. The summed E-state index contributed by atoms with van der Waals surface area (Å²) in [5, 5.41) is 6.44. The van der Waals surface area contributed by atoms with Crippen molar-refractivity contribution in [3.63, 3.8) is 0 Å². The normalized spacial score (nSPS) is 11.7. The Hall–Kier alpha value is -5.49. The van der Waals surface area contributed by atoms with E-state index in [1.807, 2.05) is 23.6 Å². The predicted octanol–water partition coefficient (Wildman–Crippen LogP) is 15.6. The molecule has 7 aromatic carbocycles. The molecule has 0 N–H and O–H groups in total. The predicted molar refractivity (Wildman–Crippen MR) is 270 cm³/mol. The number of pyridine rings is 1. The molecule has 3 aromatic heterocycles. The molecule has 0 bridgehead atoms. The fraction of sp³-hybridized carbons (Fsp3) is 0.193. The third kappa shape index (κ3) is 8.63. The number of imidazole rings is 1. The van der Waals surface area contributed by atoms with Crippen molar-refractivity contribution < 1.29 is 20.1 Å². The second-order valence-corrected chi connectivity index (χ2v) is 24.4. The first-order valence-corrected chi connectivity index (χ1v) is 26.1. The van der Waals surface area contributed by atoms with Crippen molar-refractivity contribution in [2.24, 2.45) is 0 Å². The molecular weight excluding hydrogens is 979 g/mol. The number of rotatable bonds is 7. The minimum absolute atomic E-state index is 0. The van der Waals surface area contributed by atoms with E-state index in [2.05, 4.69) is 216 Å². The van der Waals surface area contributed by atoms with Gasteiger partial charge >= 0.3 is 0 Å². The number of hydrogen-bond acceptors (Lipinski definition) is 3. The van der Waals surface area contributed by atoms with Gasteiger partial charge in [0.2, 0.25) is 0 Å². The number of nitrogens with zero attached hydrogens (tertiary/aromatic N) is 3. The van der Waals surface area contributed by atoms with Crippen molar-refractivity contribution in [2.45, 2.75) is 73.0 Å². The van der Waals surface area contributed by atoms with E-state index in [4.69, 9.17) is 4.98 Å². The maximum absolute atomic E-state index is 5.28. The summed E-state index contributed by atoms with van der Waals surface area (Å²) in [5.74, 6) is 1.60. The second kappa shape index (κ2) is 17.9. The third-order valence-corrected chi connectivity index (χ3v) is 15.3. The smallest absolute Gasteiger partial charge is 0.0795 e. The summed E-state index contributed by atoms with van der Waals surface area (Å²) in [4.78, 5) is 9.95. The summed E-state index contributed by atoms with van der Waals surface area (Å²) >= 11 is 1.86. The van der Waals surface area contributed by atoms with Gasteiger partial charge in [-0.05, 0) is 98.7 Å². The molecule has 0 atom stereocenters. The van der Waals surface area contributed by atoms with Crippen LogP contribution in [0.5, 0.6) is 0 Å². The van der Waals surface area contributed by atoms with Gasteiger partial charge in [-0.1, -0.05) is 155 Å². The van der Waals surface area contributed by atoms with Gasteiger partial charge < -0.3 is 9.55 Å². The van der Waals surface area contributed by atoms with Crippen molar-refractivity contribution in [1.29, 1.82) is 0 Å². The first-order chi connectivity index (χ1) is 29.9. The molecule has 3 heterocycles. The monoisotopic (exact) mass is 1030 g/mol. The average molecular weight is 1030 g/mol. The average Bonchev–Trinajstić information content (AvgIpc) is 3.84. The Morgan fingerprint density at radius 3 is 2.06 bits per heavy atom. The molecule has 0 spiro atoms. The van der Waals surface area contributed by atoms with E-state index in [-0.39, 0.29) is 20.1 Å². The molecule has 0 aliphatic carbocycles. The molecule has 0 saturated heterocycles. The van der Waals surface area contributed by atoms with E-state index in [1.165, 1.54) is 75.2 Å². The molecule has 0 saturated carbocycles. The van der Waals surface area contributed by atoms with Crippen molar-refractivity contribution >= 4 is 66.6 Å². The van der Waals surface area contributed by atoms with Crippen LogP contribution in [0.15, 0.2) is 146 Å². The van der Waals surface area contributed by atoms with E-state index in [1.54, 1.807) is 0 Å². The van der Waals surface area contributed by atoms with Gasteiger partial charge in [-0.2, -0.15) is 11.3 Å². The fourth-order valence-corrected chi connectivity index (χ4v) is 10.9. The van der Waals surface area contributed by atoms with Gasteiger partial charge in [0.25, 0.3) is 0 Å². The zero-order valence-electron chi connectivity index (χ0n) is 37.6. The van der Waals surface area contributed by atoms with E-state index >= 15 is 0 Å². The Labute approximate surface area is 391 Å². The largest absolute Gasteiger partial charge is 0.333 e. The Kier molecular flexibility index (Phi) is 12.6. The fourth-order valence-electron chi connectivity index (χ4n) is 8.71. The Morgan fingerprint density at radius 1 is 0.667 bits per heavy atom. The standard InChI is InChI=1S/C39H35N2S.C18H18NSi.Ir/c1-23(2)30-21-29(27-12-8-7-9-13-27)22-31(24(3)4)37(30)41-35-15-11-10-14-34(35)40-39(41)28-16-17-36-32(20-28)33-19-25(5)18-26(6)38(33)42-36;1-20(2,3)15-11-12-18(19-13-15)17-10-6-8-14-7-4-5-9-16(14)17;/h7-15,17-24H,1-6H3;4-9,11-13H,1-3H3;/q2*-1;. The molecule has 0 aliphatic rings. The maximum Gasteiger partial charge on any atom is 0.0795 e. The van der Waals surface area contributed by atoms with Crippen LogP contribution in [0, 0.1) is 26.0 Å². The number of benzene rings is 7. The Bertz CT molecular complexity index is 3210. The molecule has 317 valence electrons. The molecule has 10 aromatic rings. The summed E-state index contributed by atoms with van der Waals surface area (Å²) in [6.45, 7) is 20.6. The molecule has 0 unspecified atom stereocenters. The number of fused-ring (bicyclic) bond motifs is 5. The van der Waals surface area contributed by atoms with E-state index in [9.17, 15) is 0 Å². The first kappa shape index (κ1) is 44.1. The number of hydrogen-bond donors (Lipinski definition) is 0.